The normalized spacial score (nSPS) is 13.6. The summed E-state index contributed by atoms with van der Waals surface area (Å²) in [6, 6.07) is 9.99. The minimum Gasteiger partial charge on any atom is -0.488 e. The molecular weight excluding hydrogens is 443 g/mol. The number of rotatable bonds is 7. The van der Waals surface area contributed by atoms with E-state index in [1.807, 2.05) is 0 Å². The van der Waals surface area contributed by atoms with Crippen molar-refractivity contribution in [1.82, 2.24) is 25.2 Å². The Morgan fingerprint density at radius 1 is 1.32 bits per heavy atom. The van der Waals surface area contributed by atoms with E-state index in [0.29, 0.717) is 59.0 Å². The van der Waals surface area contributed by atoms with Crippen LogP contribution in [0.3, 0.4) is 0 Å². The zero-order valence-corrected chi connectivity index (χ0v) is 18.1. The van der Waals surface area contributed by atoms with Crippen molar-refractivity contribution in [2.45, 2.75) is 0 Å². The van der Waals surface area contributed by atoms with Crippen molar-refractivity contribution in [2.24, 2.45) is 5.92 Å². The highest BCUT2D eigenvalue weighted by Crippen LogP contribution is 2.33. The highest BCUT2D eigenvalue weighted by molar-refractivity contribution is 5.94. The van der Waals surface area contributed by atoms with E-state index >= 15 is 0 Å². The maximum atomic E-state index is 14.5. The summed E-state index contributed by atoms with van der Waals surface area (Å²) < 4.78 is 30.3. The predicted octanol–water partition coefficient (Wildman–Crippen LogP) is 3.04. The van der Waals surface area contributed by atoms with Gasteiger partial charge in [-0.15, -0.1) is 0 Å². The van der Waals surface area contributed by atoms with Gasteiger partial charge in [-0.1, -0.05) is 5.16 Å². The molecule has 5 rings (SSSR count). The van der Waals surface area contributed by atoms with E-state index in [1.165, 1.54) is 18.3 Å². The van der Waals surface area contributed by atoms with E-state index < -0.39 is 5.82 Å². The second-order valence-electron chi connectivity index (χ2n) is 7.79. The molecule has 0 bridgehead atoms. The molecule has 172 valence electrons. The number of hydrogen-bond donors (Lipinski definition) is 1. The quantitative estimate of drug-likeness (QED) is 0.415. The molecule has 1 amide bonds. The summed E-state index contributed by atoms with van der Waals surface area (Å²) in [5, 5.41) is 20.5. The third kappa shape index (κ3) is 3.95. The van der Waals surface area contributed by atoms with Crippen LogP contribution in [-0.2, 0) is 4.74 Å². The molecule has 1 N–H and O–H groups in total. The summed E-state index contributed by atoms with van der Waals surface area (Å²) in [6.45, 7) is 1.41. The van der Waals surface area contributed by atoms with E-state index in [0.717, 1.165) is 0 Å². The first-order valence-electron chi connectivity index (χ1n) is 10.5. The largest absolute Gasteiger partial charge is 0.488 e. The van der Waals surface area contributed by atoms with Crippen LogP contribution in [0.25, 0.3) is 33.6 Å². The highest BCUT2D eigenvalue weighted by Gasteiger charge is 2.31. The average molecular weight is 462 g/mol. The first-order valence-corrected chi connectivity index (χ1v) is 10.5. The molecule has 34 heavy (non-hydrogen) atoms. The first kappa shape index (κ1) is 21.5. The maximum absolute atomic E-state index is 14.5. The summed E-state index contributed by atoms with van der Waals surface area (Å²) in [4.78, 5) is 18.2. The number of ether oxygens (including phenoxy) is 2. The Labute approximate surface area is 192 Å². The van der Waals surface area contributed by atoms with Crippen LogP contribution in [0.5, 0.6) is 5.75 Å². The Bertz CT molecular complexity index is 1380. The van der Waals surface area contributed by atoms with Crippen LogP contribution in [0.4, 0.5) is 4.39 Å². The fourth-order valence-corrected chi connectivity index (χ4v) is 3.63. The summed E-state index contributed by atoms with van der Waals surface area (Å²) in [7, 11) is 1.54. The number of aromatic nitrogens is 4. The van der Waals surface area contributed by atoms with Crippen molar-refractivity contribution in [3.63, 3.8) is 0 Å². The predicted molar refractivity (Wildman–Crippen MR) is 117 cm³/mol. The van der Waals surface area contributed by atoms with Crippen molar-refractivity contribution >= 4 is 16.8 Å². The molecule has 0 atom stereocenters. The molecule has 1 aromatic carbocycles. The lowest BCUT2D eigenvalue weighted by molar-refractivity contribution is 0.0571. The van der Waals surface area contributed by atoms with Crippen molar-refractivity contribution in [3.05, 3.63) is 48.0 Å². The van der Waals surface area contributed by atoms with Crippen molar-refractivity contribution < 1.29 is 23.2 Å². The van der Waals surface area contributed by atoms with Crippen molar-refractivity contribution in [1.29, 1.82) is 5.26 Å². The lowest BCUT2D eigenvalue weighted by Gasteiger charge is -2.34. The van der Waals surface area contributed by atoms with Crippen LogP contribution in [-0.4, -0.2) is 64.6 Å². The van der Waals surface area contributed by atoms with E-state index in [4.69, 9.17) is 19.3 Å². The molecule has 1 aliphatic heterocycles. The molecule has 0 spiro atoms. The van der Waals surface area contributed by atoms with Gasteiger partial charge in [0, 0.05) is 49.5 Å². The van der Waals surface area contributed by atoms with Gasteiger partial charge in [-0.25, -0.2) is 4.39 Å². The molecule has 10 nitrogen and oxygen atoms in total. The van der Waals surface area contributed by atoms with Crippen LogP contribution < -0.4 is 4.74 Å². The number of carbonyl (C=O) groups is 1. The smallest absolute Gasteiger partial charge is 0.272 e. The molecule has 1 saturated heterocycles. The van der Waals surface area contributed by atoms with E-state index in [1.54, 1.807) is 30.2 Å². The summed E-state index contributed by atoms with van der Waals surface area (Å²) in [5.74, 6) is -0.413. The fraction of sp³-hybridized carbons (Fsp3) is 0.261. The lowest BCUT2D eigenvalue weighted by Crippen LogP contribution is -2.49. The molecule has 11 heteroatoms. The number of likely N-dealkylation sites (tertiary alicyclic amines) is 1. The van der Waals surface area contributed by atoms with Gasteiger partial charge in [-0.2, -0.15) is 10.4 Å². The number of benzene rings is 1. The molecule has 1 aliphatic rings. The maximum Gasteiger partial charge on any atom is 0.272 e. The van der Waals surface area contributed by atoms with Gasteiger partial charge in [-0.3, -0.25) is 14.9 Å². The Kier molecular flexibility index (Phi) is 5.65. The topological polar surface area (TPSA) is 130 Å². The third-order valence-electron chi connectivity index (χ3n) is 5.53. The van der Waals surface area contributed by atoms with Crippen LogP contribution in [0.1, 0.15) is 10.5 Å². The van der Waals surface area contributed by atoms with Gasteiger partial charge in [0.25, 0.3) is 5.91 Å². The van der Waals surface area contributed by atoms with Crippen LogP contribution in [0.15, 0.2) is 41.1 Å². The zero-order chi connectivity index (χ0) is 23.7. The number of carbonyl (C=O) groups excluding carboxylic acids is 1. The molecule has 0 radical (unpaired) electrons. The first-order chi connectivity index (χ1) is 16.6. The van der Waals surface area contributed by atoms with Gasteiger partial charge in [0.05, 0.1) is 24.1 Å². The number of nitrogens with one attached hydrogen (secondary N) is 1. The molecule has 0 unspecified atom stereocenters. The zero-order valence-electron chi connectivity index (χ0n) is 18.1. The van der Waals surface area contributed by atoms with Gasteiger partial charge in [0.1, 0.15) is 23.7 Å². The van der Waals surface area contributed by atoms with Crippen LogP contribution >= 0.6 is 0 Å². The summed E-state index contributed by atoms with van der Waals surface area (Å²) in [6.07, 6.45) is 1.53. The lowest BCUT2D eigenvalue weighted by atomic mass is 10.0. The molecule has 0 aliphatic carbocycles. The van der Waals surface area contributed by atoms with Gasteiger partial charge in [-0.05, 0) is 18.2 Å². The molecule has 4 aromatic rings. The number of hydrogen-bond acceptors (Lipinski definition) is 8. The van der Waals surface area contributed by atoms with E-state index in [2.05, 4.69) is 26.4 Å². The number of aromatic amines is 1. The second kappa shape index (κ2) is 8.92. The average Bonchev–Trinajstić information content (AvgIpc) is 3.46. The Hall–Kier alpha value is -4.30. The van der Waals surface area contributed by atoms with Crippen molar-refractivity contribution in [2.75, 3.05) is 33.4 Å². The summed E-state index contributed by atoms with van der Waals surface area (Å²) in [5.41, 5.74) is 2.41. The molecule has 3 aromatic heterocycles. The number of nitrogens with zero attached hydrogens (tertiary/aromatic N) is 5. The molecule has 0 saturated carbocycles. The highest BCUT2D eigenvalue weighted by atomic mass is 19.1. The number of amides is 1. The van der Waals surface area contributed by atoms with Gasteiger partial charge in [0.2, 0.25) is 0 Å². The summed E-state index contributed by atoms with van der Waals surface area (Å²) >= 11 is 0. The second-order valence-corrected chi connectivity index (χ2v) is 7.79. The fourth-order valence-electron chi connectivity index (χ4n) is 3.63. The Morgan fingerprint density at radius 2 is 2.18 bits per heavy atom. The molecular formula is C23H19FN6O4. The molecule has 1 fully saturated rings. The van der Waals surface area contributed by atoms with Crippen LogP contribution in [0.2, 0.25) is 0 Å². The minimum atomic E-state index is -0.529. The number of fused-ring (bicyclic) bond motifs is 1. The van der Waals surface area contributed by atoms with Crippen molar-refractivity contribution in [3.8, 4) is 34.5 Å². The molecule has 4 heterocycles. The Morgan fingerprint density at radius 3 is 2.91 bits per heavy atom. The van der Waals surface area contributed by atoms with E-state index in [-0.39, 0.29) is 24.2 Å². The van der Waals surface area contributed by atoms with E-state index in [9.17, 15) is 9.18 Å². The number of halogens is 1. The number of nitriles is 1. The van der Waals surface area contributed by atoms with Crippen LogP contribution in [0, 0.1) is 23.1 Å². The SMILES string of the molecule is COCCOc1cc2[nH]nc(-c3cc(-c4ccc(C(=O)N5CC(C#N)C5)nc4)no3)c2cc1F. The minimum absolute atomic E-state index is 0.0973. The van der Waals surface area contributed by atoms with Gasteiger partial charge >= 0.3 is 0 Å². The number of pyridine rings is 1. The Balaban J connectivity index is 1.34. The number of methoxy groups -OCH3 is 1. The monoisotopic (exact) mass is 462 g/mol. The third-order valence-corrected chi connectivity index (χ3v) is 5.53. The number of H-pyrrole nitrogens is 1. The standard InChI is InChI=1S/C23H19FN6O4/c1-32-4-5-33-20-8-19-15(6-16(20)24)22(28-27-19)21-7-18(29-34-21)14-2-3-17(26-10-14)23(31)30-11-13(9-25)12-30/h2-3,6-8,10,13H,4-5,11-12H2,1H3,(H,27,28). The van der Waals surface area contributed by atoms with Gasteiger partial charge in [0.15, 0.2) is 17.3 Å². The van der Waals surface area contributed by atoms with Gasteiger partial charge < -0.3 is 18.9 Å².